The molecule has 0 aromatic heterocycles. The first-order chi connectivity index (χ1) is 26.8. The SMILES string of the molecule is CC1(C)[C@@H](O[C@H]2O[C@H](C(=O)O)[C@H](O)[C@H](O)[C@H]2O[C@@H]2O[C@H](C(=O)O)[C@H](O)[C@H](O)[C@H]2O)CC[C@@]2(C)[C@H]3C(=O)C=C4[C@@H]5C[C@@](C)(C(=O)O)CC[C@@]5(C)CC[C@@]4(C)[C@]3(C)CC[C@@H]12. The van der Waals surface area contributed by atoms with Crippen molar-refractivity contribution in [1.82, 2.24) is 0 Å². The molecule has 2 saturated heterocycles. The lowest BCUT2D eigenvalue weighted by molar-refractivity contribution is -0.371. The van der Waals surface area contributed by atoms with Gasteiger partial charge in [0.2, 0.25) is 0 Å². The summed E-state index contributed by atoms with van der Waals surface area (Å²) in [6.07, 6.45) is -12.2. The van der Waals surface area contributed by atoms with Gasteiger partial charge in [-0.25, -0.2) is 9.59 Å². The first-order valence-electron chi connectivity index (χ1n) is 20.7. The number of fused-ring (bicyclic) bond motifs is 7. The van der Waals surface area contributed by atoms with Crippen LogP contribution in [0, 0.1) is 50.2 Å². The van der Waals surface area contributed by atoms with Crippen molar-refractivity contribution in [1.29, 1.82) is 0 Å². The number of carboxylic acids is 3. The standard InChI is InChI=1S/C42H62O16/c1-37(2)21-8-11-42(7)31(20(43)16-18-19-17-39(4,36(53)54)13-12-38(19,3)14-15-41(18,42)6)40(21,5)10-9-22(37)55-35-30(26(47)25(46)29(57-35)33(51)52)58-34-27(48)23(44)24(45)28(56-34)32(49)50/h16,19,21-31,34-35,44-48H,8-15,17H2,1-7H3,(H,49,50)(H,51,52)(H,53,54)/t19-,21-,22-,23-,24+,25+,26-,27+,28-,29-,30+,31+,34-,35-,38-,39-,40+,41+,42+/m0/s1. The van der Waals surface area contributed by atoms with Crippen molar-refractivity contribution < 1.29 is 79.0 Å². The van der Waals surface area contributed by atoms with E-state index >= 15 is 0 Å². The third-order valence-corrected chi connectivity index (χ3v) is 17.2. The molecule has 2 heterocycles. The van der Waals surface area contributed by atoms with E-state index in [-0.39, 0.29) is 34.4 Å². The maximum Gasteiger partial charge on any atom is 0.335 e. The maximum atomic E-state index is 14.8. The predicted octanol–water partition coefficient (Wildman–Crippen LogP) is 2.25. The third kappa shape index (κ3) is 6.25. The molecular formula is C42H62O16. The topological polar surface area (TPSA) is 267 Å². The van der Waals surface area contributed by atoms with Crippen molar-refractivity contribution in [3.63, 3.8) is 0 Å². The summed E-state index contributed by atoms with van der Waals surface area (Å²) < 4.78 is 23.4. The number of allylic oxidation sites excluding steroid dienone is 2. The summed E-state index contributed by atoms with van der Waals surface area (Å²) in [5, 5.41) is 83.0. The molecule has 0 spiro atoms. The number of hydrogen-bond donors (Lipinski definition) is 8. The summed E-state index contributed by atoms with van der Waals surface area (Å²) >= 11 is 0. The molecule has 19 atom stereocenters. The number of ether oxygens (including phenoxy) is 4. The highest BCUT2D eigenvalue weighted by atomic mass is 16.8. The largest absolute Gasteiger partial charge is 0.481 e. The monoisotopic (exact) mass is 822 g/mol. The molecule has 2 aliphatic heterocycles. The van der Waals surface area contributed by atoms with Crippen LogP contribution in [0.25, 0.3) is 0 Å². The van der Waals surface area contributed by atoms with E-state index in [0.29, 0.717) is 25.7 Å². The quantitative estimate of drug-likeness (QED) is 0.171. The number of carbonyl (C=O) groups is 4. The molecule has 58 heavy (non-hydrogen) atoms. The second kappa shape index (κ2) is 14.3. The first kappa shape index (κ1) is 43.5. The molecule has 6 fully saturated rings. The molecule has 0 amide bonds. The maximum absolute atomic E-state index is 14.8. The number of carboxylic acid groups (broad SMARTS) is 3. The Labute approximate surface area is 337 Å². The van der Waals surface area contributed by atoms with Crippen LogP contribution in [0.2, 0.25) is 0 Å². The molecular weight excluding hydrogens is 760 g/mol. The number of aliphatic carboxylic acids is 3. The van der Waals surface area contributed by atoms with Crippen LogP contribution in [0.1, 0.15) is 106 Å². The number of aliphatic hydroxyl groups is 5. The molecule has 8 N–H and O–H groups in total. The fourth-order valence-corrected chi connectivity index (χ4v) is 13.4. The molecule has 0 radical (unpaired) electrons. The van der Waals surface area contributed by atoms with Crippen LogP contribution in [0.5, 0.6) is 0 Å². The second-order valence-electron chi connectivity index (χ2n) is 20.6. The smallest absolute Gasteiger partial charge is 0.335 e. The van der Waals surface area contributed by atoms with Crippen molar-refractivity contribution in [2.45, 2.75) is 174 Å². The van der Waals surface area contributed by atoms with Crippen molar-refractivity contribution in [3.05, 3.63) is 11.6 Å². The summed E-state index contributed by atoms with van der Waals surface area (Å²) in [6.45, 7) is 14.8. The fraction of sp³-hybridized carbons (Fsp3) is 0.857. The Morgan fingerprint density at radius 2 is 1.28 bits per heavy atom. The zero-order chi connectivity index (χ0) is 42.9. The molecule has 0 aromatic rings. The molecule has 16 nitrogen and oxygen atoms in total. The van der Waals surface area contributed by atoms with Crippen LogP contribution >= 0.6 is 0 Å². The zero-order valence-electron chi connectivity index (χ0n) is 34.4. The van der Waals surface area contributed by atoms with Crippen molar-refractivity contribution >= 4 is 23.7 Å². The Morgan fingerprint density at radius 1 is 0.690 bits per heavy atom. The lowest BCUT2D eigenvalue weighted by atomic mass is 9.33. The Balaban J connectivity index is 1.17. The molecule has 4 saturated carbocycles. The molecule has 7 aliphatic rings. The normalized spacial score (nSPS) is 52.6. The number of ketones is 1. The van der Waals surface area contributed by atoms with E-state index in [0.717, 1.165) is 37.7 Å². The van der Waals surface area contributed by atoms with Crippen LogP contribution in [-0.2, 0) is 38.1 Å². The number of carbonyl (C=O) groups excluding carboxylic acids is 1. The molecule has 0 bridgehead atoms. The summed E-state index contributed by atoms with van der Waals surface area (Å²) in [5.74, 6) is -4.47. The Morgan fingerprint density at radius 3 is 1.88 bits per heavy atom. The van der Waals surface area contributed by atoms with E-state index in [4.69, 9.17) is 18.9 Å². The van der Waals surface area contributed by atoms with Crippen LogP contribution in [0.3, 0.4) is 0 Å². The van der Waals surface area contributed by atoms with Crippen molar-refractivity contribution in [2.75, 3.05) is 0 Å². The average molecular weight is 823 g/mol. The molecule has 7 rings (SSSR count). The minimum absolute atomic E-state index is 0.0217. The van der Waals surface area contributed by atoms with E-state index in [1.54, 1.807) is 0 Å². The summed E-state index contributed by atoms with van der Waals surface area (Å²) in [4.78, 5) is 51.3. The van der Waals surface area contributed by atoms with E-state index in [2.05, 4.69) is 27.7 Å². The van der Waals surface area contributed by atoms with E-state index in [1.807, 2.05) is 26.8 Å². The van der Waals surface area contributed by atoms with Crippen LogP contribution < -0.4 is 0 Å². The Kier molecular flexibility index (Phi) is 10.7. The van der Waals surface area contributed by atoms with Gasteiger partial charge in [-0.2, -0.15) is 0 Å². The van der Waals surface area contributed by atoms with Gasteiger partial charge in [0, 0.05) is 5.92 Å². The van der Waals surface area contributed by atoms with E-state index in [1.165, 1.54) is 0 Å². The molecule has 0 unspecified atom stereocenters. The van der Waals surface area contributed by atoms with Crippen LogP contribution in [0.4, 0.5) is 0 Å². The van der Waals surface area contributed by atoms with Crippen LogP contribution in [-0.4, -0.2) is 132 Å². The van der Waals surface area contributed by atoms with Gasteiger partial charge in [-0.05, 0) is 110 Å². The van der Waals surface area contributed by atoms with Gasteiger partial charge in [0.25, 0.3) is 0 Å². The van der Waals surface area contributed by atoms with Gasteiger partial charge in [-0.1, -0.05) is 47.1 Å². The van der Waals surface area contributed by atoms with Gasteiger partial charge in [0.1, 0.15) is 36.6 Å². The second-order valence-corrected chi connectivity index (χ2v) is 20.6. The fourth-order valence-electron chi connectivity index (χ4n) is 13.4. The number of aliphatic hydroxyl groups excluding tert-OH is 5. The van der Waals surface area contributed by atoms with Gasteiger partial charge in [-0.15, -0.1) is 0 Å². The van der Waals surface area contributed by atoms with Crippen LogP contribution in [0.15, 0.2) is 11.6 Å². The van der Waals surface area contributed by atoms with E-state index in [9.17, 15) is 60.0 Å². The lowest BCUT2D eigenvalue weighted by Crippen LogP contribution is -2.68. The number of hydrogen-bond acceptors (Lipinski definition) is 13. The summed E-state index contributed by atoms with van der Waals surface area (Å²) in [7, 11) is 0. The van der Waals surface area contributed by atoms with E-state index < -0.39 is 107 Å². The van der Waals surface area contributed by atoms with Gasteiger partial charge in [0.15, 0.2) is 30.6 Å². The molecule has 326 valence electrons. The molecule has 16 heteroatoms. The predicted molar refractivity (Wildman–Crippen MR) is 199 cm³/mol. The highest BCUT2D eigenvalue weighted by Gasteiger charge is 2.71. The molecule has 0 aromatic carbocycles. The lowest BCUT2D eigenvalue weighted by Gasteiger charge is -2.70. The van der Waals surface area contributed by atoms with Gasteiger partial charge >= 0.3 is 17.9 Å². The average Bonchev–Trinajstić information content (AvgIpc) is 3.13. The molecule has 5 aliphatic carbocycles. The highest BCUT2D eigenvalue weighted by molar-refractivity contribution is 5.95. The Hall–Kier alpha value is -2.54. The number of rotatable bonds is 7. The Bertz CT molecular complexity index is 1730. The summed E-state index contributed by atoms with van der Waals surface area (Å²) in [6, 6.07) is 0. The zero-order valence-corrected chi connectivity index (χ0v) is 34.4. The van der Waals surface area contributed by atoms with Gasteiger partial charge < -0.3 is 59.8 Å². The van der Waals surface area contributed by atoms with Crippen molar-refractivity contribution in [2.24, 2.45) is 50.2 Å². The third-order valence-electron chi connectivity index (χ3n) is 17.2. The highest BCUT2D eigenvalue weighted by Crippen LogP contribution is 2.75. The first-order valence-corrected chi connectivity index (χ1v) is 20.7. The van der Waals surface area contributed by atoms with Gasteiger partial charge in [0.05, 0.1) is 11.5 Å². The van der Waals surface area contributed by atoms with Crippen molar-refractivity contribution in [3.8, 4) is 0 Å². The summed E-state index contributed by atoms with van der Waals surface area (Å²) in [5.41, 5.74) is -1.81. The minimum Gasteiger partial charge on any atom is -0.481 e. The minimum atomic E-state index is -2.05. The van der Waals surface area contributed by atoms with Gasteiger partial charge in [-0.3, -0.25) is 9.59 Å².